The molecule has 0 heterocycles. The molecule has 0 aromatic carbocycles. The van der Waals surface area contributed by atoms with Gasteiger partial charge in [0.05, 0.1) is 21.1 Å². The Morgan fingerprint density at radius 2 is 1.58 bits per heavy atom. The van der Waals surface area contributed by atoms with Gasteiger partial charge in [-0.15, -0.1) is 0 Å². The second-order valence-electron chi connectivity index (χ2n) is 7.71. The van der Waals surface area contributed by atoms with E-state index in [1.165, 1.54) is 38.2 Å². The molecule has 0 aromatic rings. The maximum absolute atomic E-state index is 12.2. The molecular weight excluding hydrogens is 306 g/mol. The molecule has 5 heteroatoms. The molecule has 1 unspecified atom stereocenters. The van der Waals surface area contributed by atoms with E-state index in [4.69, 9.17) is 0 Å². The Balaban J connectivity index is 4.33. The summed E-state index contributed by atoms with van der Waals surface area (Å²) in [6.07, 6.45) is 11.6. The second kappa shape index (κ2) is 11.4. The molecule has 0 bridgehead atoms. The third-order valence-electron chi connectivity index (χ3n) is 3.87. The van der Waals surface area contributed by atoms with E-state index in [-0.39, 0.29) is 6.54 Å². The number of carboxylic acid groups (broad SMARTS) is 1. The van der Waals surface area contributed by atoms with Crippen LogP contribution in [0.3, 0.4) is 0 Å². The van der Waals surface area contributed by atoms with Crippen LogP contribution in [0.5, 0.6) is 0 Å². The van der Waals surface area contributed by atoms with Crippen molar-refractivity contribution in [1.82, 2.24) is 0 Å². The predicted molar refractivity (Wildman–Crippen MR) is 94.2 cm³/mol. The highest BCUT2D eigenvalue weighted by Gasteiger charge is 2.39. The zero-order valence-electron chi connectivity index (χ0n) is 15.8. The molecule has 0 rings (SSSR count). The molecule has 0 aliphatic rings. The Bertz CT molecular complexity index is 412. The average Bonchev–Trinajstić information content (AvgIpc) is 2.42. The van der Waals surface area contributed by atoms with Gasteiger partial charge in [0, 0.05) is 12.4 Å². The molecule has 0 radical (unpaired) electrons. The minimum atomic E-state index is -1.91. The van der Waals surface area contributed by atoms with Gasteiger partial charge in [0.1, 0.15) is 6.54 Å². The first-order valence-corrected chi connectivity index (χ1v) is 9.04. The van der Waals surface area contributed by atoms with Gasteiger partial charge in [-0.3, -0.25) is 4.79 Å². The first kappa shape index (κ1) is 22.8. The molecule has 0 aliphatic carbocycles. The molecule has 1 N–H and O–H groups in total. The van der Waals surface area contributed by atoms with Gasteiger partial charge in [-0.05, 0) is 18.9 Å². The lowest BCUT2D eigenvalue weighted by Crippen LogP contribution is -2.55. The number of nitrogens with zero attached hydrogens (tertiary/aromatic N) is 1. The topological polar surface area (TPSA) is 77.4 Å². The van der Waals surface area contributed by atoms with Crippen molar-refractivity contribution in [3.63, 3.8) is 0 Å². The number of rotatable bonds is 14. The highest BCUT2D eigenvalue weighted by atomic mass is 16.4. The minimum absolute atomic E-state index is 0.0293. The van der Waals surface area contributed by atoms with E-state index < -0.39 is 23.8 Å². The summed E-state index contributed by atoms with van der Waals surface area (Å²) in [4.78, 5) is 23.1. The molecule has 5 nitrogen and oxygen atoms in total. The van der Waals surface area contributed by atoms with Crippen LogP contribution >= 0.6 is 0 Å². The number of carboxylic acids is 1. The van der Waals surface area contributed by atoms with Crippen molar-refractivity contribution < 1.29 is 24.3 Å². The van der Waals surface area contributed by atoms with Crippen LogP contribution in [0.25, 0.3) is 0 Å². The lowest BCUT2D eigenvalue weighted by atomic mass is 9.92. The van der Waals surface area contributed by atoms with Crippen LogP contribution in [0.2, 0.25) is 0 Å². The summed E-state index contributed by atoms with van der Waals surface area (Å²) in [5, 5.41) is 21.3. The van der Waals surface area contributed by atoms with Crippen LogP contribution < -0.4 is 5.11 Å². The molecule has 1 atom stereocenters. The van der Waals surface area contributed by atoms with Crippen LogP contribution in [0.1, 0.15) is 64.7 Å². The van der Waals surface area contributed by atoms with Gasteiger partial charge in [0.15, 0.2) is 11.4 Å². The summed E-state index contributed by atoms with van der Waals surface area (Å²) < 4.78 is 0.293. The van der Waals surface area contributed by atoms with E-state index in [0.717, 1.165) is 19.3 Å². The van der Waals surface area contributed by atoms with E-state index in [2.05, 4.69) is 6.92 Å². The molecule has 0 fully saturated rings. The first-order valence-electron chi connectivity index (χ1n) is 9.04. The first-order chi connectivity index (χ1) is 11.1. The summed E-state index contributed by atoms with van der Waals surface area (Å²) in [5.74, 6) is -1.97. The van der Waals surface area contributed by atoms with Crippen LogP contribution in [0.15, 0.2) is 12.2 Å². The number of quaternary nitrogens is 1. The standard InChI is InChI=1S/C19H35NO4/c1-5-6-7-8-9-10-11-12-13-14-17(21)19(24,15-18(22)23)16-20(2,3)4/h13-14,24H,5-12,15-16H2,1-4H3/b14-13+. The van der Waals surface area contributed by atoms with E-state index in [1.54, 1.807) is 27.2 Å². The molecule has 0 aliphatic heterocycles. The monoisotopic (exact) mass is 341 g/mol. The smallest absolute Gasteiger partial charge is 0.193 e. The number of carbonyl (C=O) groups excluding carboxylic acids is 2. The Kier molecular flexibility index (Phi) is 10.8. The van der Waals surface area contributed by atoms with Gasteiger partial charge in [-0.25, -0.2) is 0 Å². The largest absolute Gasteiger partial charge is 0.550 e. The molecule has 0 saturated heterocycles. The molecule has 24 heavy (non-hydrogen) atoms. The SMILES string of the molecule is CCCCCCCCC/C=C/C(=O)C(O)(CC(=O)[O-])C[N+](C)(C)C. The number of allylic oxidation sites excluding steroid dienone is 1. The molecule has 0 aromatic heterocycles. The van der Waals surface area contributed by atoms with Crippen molar-refractivity contribution in [3.8, 4) is 0 Å². The number of aliphatic carboxylic acids is 1. The van der Waals surface area contributed by atoms with Gasteiger partial charge in [-0.2, -0.15) is 0 Å². The highest BCUT2D eigenvalue weighted by molar-refractivity contribution is 5.99. The van der Waals surface area contributed by atoms with Crippen LogP contribution in [-0.2, 0) is 9.59 Å². The molecule has 0 spiro atoms. The van der Waals surface area contributed by atoms with E-state index >= 15 is 0 Å². The number of carbonyl (C=O) groups is 2. The Morgan fingerprint density at radius 1 is 1.04 bits per heavy atom. The normalized spacial score (nSPS) is 14.7. The number of likely N-dealkylation sites (N-methyl/N-ethyl adjacent to an activating group) is 1. The Hall–Kier alpha value is -1.20. The summed E-state index contributed by atoms with van der Waals surface area (Å²) in [7, 11) is 5.40. The second-order valence-corrected chi connectivity index (χ2v) is 7.71. The molecular formula is C19H35NO4. The van der Waals surface area contributed by atoms with Crippen molar-refractivity contribution in [2.24, 2.45) is 0 Å². The minimum Gasteiger partial charge on any atom is -0.550 e. The van der Waals surface area contributed by atoms with Gasteiger partial charge in [0.25, 0.3) is 0 Å². The summed E-state index contributed by atoms with van der Waals surface area (Å²) in [5.41, 5.74) is -1.91. The van der Waals surface area contributed by atoms with Gasteiger partial charge in [-0.1, -0.05) is 51.5 Å². The van der Waals surface area contributed by atoms with Gasteiger partial charge >= 0.3 is 0 Å². The lowest BCUT2D eigenvalue weighted by molar-refractivity contribution is -0.875. The summed E-state index contributed by atoms with van der Waals surface area (Å²) in [6, 6.07) is 0. The number of aliphatic hydroxyl groups is 1. The van der Waals surface area contributed by atoms with E-state index in [1.807, 2.05) is 0 Å². The number of hydrogen-bond donors (Lipinski definition) is 1. The fraction of sp³-hybridized carbons (Fsp3) is 0.789. The maximum Gasteiger partial charge on any atom is 0.193 e. The lowest BCUT2D eigenvalue weighted by Gasteiger charge is -2.34. The zero-order valence-corrected chi connectivity index (χ0v) is 15.8. The van der Waals surface area contributed by atoms with E-state index in [0.29, 0.717) is 4.48 Å². The fourth-order valence-electron chi connectivity index (χ4n) is 2.81. The Morgan fingerprint density at radius 3 is 2.08 bits per heavy atom. The molecule has 0 amide bonds. The molecule has 140 valence electrons. The van der Waals surface area contributed by atoms with Crippen LogP contribution in [-0.4, -0.2) is 54.6 Å². The predicted octanol–water partition coefficient (Wildman–Crippen LogP) is 1.83. The number of hydrogen-bond acceptors (Lipinski definition) is 4. The van der Waals surface area contributed by atoms with Crippen molar-refractivity contribution in [2.75, 3.05) is 27.7 Å². The zero-order chi connectivity index (χ0) is 18.6. The van der Waals surface area contributed by atoms with Crippen molar-refractivity contribution >= 4 is 11.8 Å². The number of unbranched alkanes of at least 4 members (excludes halogenated alkanes) is 7. The van der Waals surface area contributed by atoms with Crippen molar-refractivity contribution in [3.05, 3.63) is 12.2 Å². The van der Waals surface area contributed by atoms with Gasteiger partial charge in [0.2, 0.25) is 0 Å². The van der Waals surface area contributed by atoms with Crippen molar-refractivity contribution in [1.29, 1.82) is 0 Å². The van der Waals surface area contributed by atoms with Crippen molar-refractivity contribution in [2.45, 2.75) is 70.3 Å². The summed E-state index contributed by atoms with van der Waals surface area (Å²) in [6.45, 7) is 2.23. The quantitative estimate of drug-likeness (QED) is 0.297. The highest BCUT2D eigenvalue weighted by Crippen LogP contribution is 2.17. The van der Waals surface area contributed by atoms with Crippen LogP contribution in [0, 0.1) is 0 Å². The third kappa shape index (κ3) is 11.4. The van der Waals surface area contributed by atoms with E-state index in [9.17, 15) is 19.8 Å². The fourth-order valence-corrected chi connectivity index (χ4v) is 2.81. The van der Waals surface area contributed by atoms with Gasteiger partial charge < -0.3 is 19.5 Å². The van der Waals surface area contributed by atoms with Crippen LogP contribution in [0.4, 0.5) is 0 Å². The maximum atomic E-state index is 12.2. The molecule has 0 saturated carbocycles. The summed E-state index contributed by atoms with van der Waals surface area (Å²) >= 11 is 0. The number of ketones is 1. The average molecular weight is 341 g/mol. The third-order valence-corrected chi connectivity index (χ3v) is 3.87. The Labute approximate surface area is 146 Å².